The SMILES string of the molecule is Cc1ccc(NC(=O)c2ccc3c(c2)SCCC3N2CCN(C)CC2)cc1Nc1nccc(-c2cccnc2)n1. The van der Waals surface area contributed by atoms with Crippen molar-refractivity contribution in [3.8, 4) is 11.3 Å². The van der Waals surface area contributed by atoms with Gasteiger partial charge in [-0.3, -0.25) is 14.7 Å². The summed E-state index contributed by atoms with van der Waals surface area (Å²) < 4.78 is 0. The van der Waals surface area contributed by atoms with Crippen molar-refractivity contribution in [2.45, 2.75) is 24.3 Å². The first-order valence-electron chi connectivity index (χ1n) is 13.7. The first-order valence-corrected chi connectivity index (χ1v) is 14.6. The zero-order valence-corrected chi connectivity index (χ0v) is 23.6. The molecule has 2 N–H and O–H groups in total. The Morgan fingerprint density at radius 3 is 2.73 bits per heavy atom. The minimum atomic E-state index is -0.116. The number of thioether (sulfide) groups is 1. The maximum Gasteiger partial charge on any atom is 0.255 e. The number of hydrogen-bond donors (Lipinski definition) is 2. The lowest BCUT2D eigenvalue weighted by Crippen LogP contribution is -2.46. The van der Waals surface area contributed by atoms with Gasteiger partial charge in [-0.2, -0.15) is 0 Å². The van der Waals surface area contributed by atoms with Gasteiger partial charge in [0.2, 0.25) is 5.95 Å². The number of aryl methyl sites for hydroxylation is 1. The number of likely N-dealkylation sites (N-methyl/N-ethyl adjacent to an activating group) is 1. The van der Waals surface area contributed by atoms with Gasteiger partial charge in [0.1, 0.15) is 0 Å². The number of rotatable bonds is 6. The van der Waals surface area contributed by atoms with Gasteiger partial charge in [-0.1, -0.05) is 12.1 Å². The second-order valence-corrected chi connectivity index (χ2v) is 11.5. The van der Waals surface area contributed by atoms with Crippen LogP contribution in [0, 0.1) is 6.92 Å². The quantitative estimate of drug-likeness (QED) is 0.319. The van der Waals surface area contributed by atoms with E-state index in [1.807, 2.05) is 61.2 Å². The van der Waals surface area contributed by atoms with Crippen LogP contribution in [0.15, 0.2) is 78.1 Å². The number of carbonyl (C=O) groups excluding carboxylic acids is 1. The first kappa shape index (κ1) is 26.4. The average molecular weight is 552 g/mol. The normalized spacial score (nSPS) is 17.7. The number of nitrogens with one attached hydrogen (secondary N) is 2. The molecule has 0 aliphatic carbocycles. The minimum absolute atomic E-state index is 0.116. The van der Waals surface area contributed by atoms with Crippen LogP contribution in [0.25, 0.3) is 11.3 Å². The Bertz CT molecular complexity index is 1510. The molecule has 8 nitrogen and oxygen atoms in total. The smallest absolute Gasteiger partial charge is 0.255 e. The summed E-state index contributed by atoms with van der Waals surface area (Å²) in [5.41, 5.74) is 6.30. The Hall–Kier alpha value is -3.79. The molecule has 6 rings (SSSR count). The van der Waals surface area contributed by atoms with Crippen LogP contribution in [0.1, 0.15) is 33.9 Å². The van der Waals surface area contributed by atoms with Gasteiger partial charge in [0, 0.05) is 78.2 Å². The third-order valence-electron chi connectivity index (χ3n) is 7.62. The fourth-order valence-corrected chi connectivity index (χ4v) is 6.42. The van der Waals surface area contributed by atoms with Gasteiger partial charge in [0.15, 0.2) is 0 Å². The van der Waals surface area contributed by atoms with Crippen LogP contribution in [-0.2, 0) is 0 Å². The summed E-state index contributed by atoms with van der Waals surface area (Å²) in [5, 5.41) is 6.39. The lowest BCUT2D eigenvalue weighted by atomic mass is 9.99. The second kappa shape index (κ2) is 11.8. The Morgan fingerprint density at radius 1 is 1.02 bits per heavy atom. The fourth-order valence-electron chi connectivity index (χ4n) is 5.28. The minimum Gasteiger partial charge on any atom is -0.324 e. The molecule has 9 heteroatoms. The van der Waals surface area contributed by atoms with Crippen molar-refractivity contribution in [2.24, 2.45) is 0 Å². The number of nitrogens with zero attached hydrogens (tertiary/aromatic N) is 5. The van der Waals surface area contributed by atoms with Gasteiger partial charge in [-0.25, -0.2) is 9.97 Å². The van der Waals surface area contributed by atoms with E-state index in [1.54, 1.807) is 18.6 Å². The van der Waals surface area contributed by atoms with Crippen molar-refractivity contribution in [3.05, 3.63) is 89.9 Å². The Labute approximate surface area is 239 Å². The lowest BCUT2D eigenvalue weighted by Gasteiger charge is -2.40. The van der Waals surface area contributed by atoms with E-state index in [9.17, 15) is 4.79 Å². The molecule has 4 aromatic rings. The number of carbonyl (C=O) groups is 1. The third kappa shape index (κ3) is 5.86. The molecule has 1 saturated heterocycles. The van der Waals surface area contributed by atoms with Gasteiger partial charge in [0.25, 0.3) is 5.91 Å². The summed E-state index contributed by atoms with van der Waals surface area (Å²) in [5.74, 6) is 1.44. The molecule has 2 aliphatic heterocycles. The highest BCUT2D eigenvalue weighted by Gasteiger charge is 2.29. The first-order chi connectivity index (χ1) is 19.5. The summed E-state index contributed by atoms with van der Waals surface area (Å²) in [6, 6.07) is 18.1. The molecule has 0 saturated carbocycles. The third-order valence-corrected chi connectivity index (χ3v) is 8.72. The van der Waals surface area contributed by atoms with E-state index in [-0.39, 0.29) is 5.91 Å². The van der Waals surface area contributed by atoms with Crippen LogP contribution >= 0.6 is 11.8 Å². The number of piperazine rings is 1. The van der Waals surface area contributed by atoms with Crippen molar-refractivity contribution < 1.29 is 4.79 Å². The number of pyridine rings is 1. The molecule has 0 spiro atoms. The number of anilines is 3. The molecule has 1 unspecified atom stereocenters. The molecular formula is C31H33N7OS. The zero-order chi connectivity index (χ0) is 27.5. The van der Waals surface area contributed by atoms with Crippen LogP contribution in [0.5, 0.6) is 0 Å². The molecule has 0 bridgehead atoms. The number of benzene rings is 2. The molecular weight excluding hydrogens is 518 g/mol. The van der Waals surface area contributed by atoms with E-state index in [4.69, 9.17) is 0 Å². The summed E-state index contributed by atoms with van der Waals surface area (Å²) >= 11 is 1.86. The Kier molecular flexibility index (Phi) is 7.77. The predicted molar refractivity (Wildman–Crippen MR) is 161 cm³/mol. The molecule has 4 heterocycles. The van der Waals surface area contributed by atoms with Crippen molar-refractivity contribution in [1.82, 2.24) is 24.8 Å². The highest BCUT2D eigenvalue weighted by molar-refractivity contribution is 7.99. The standard InChI is InChI=1S/C31H33N7OS/c1-21-5-7-24(19-27(21)36-31-33-12-9-26(35-31)23-4-3-11-32-20-23)34-30(39)22-6-8-25-28(10-17-40-29(25)18-22)38-15-13-37(2)14-16-38/h3-9,11-12,18-20,28H,10,13-17H2,1-2H3,(H,34,39)(H,33,35,36). The average Bonchev–Trinajstić information content (AvgIpc) is 2.99. The molecule has 2 aromatic carbocycles. The second-order valence-electron chi connectivity index (χ2n) is 10.4. The van der Waals surface area contributed by atoms with Crippen LogP contribution < -0.4 is 10.6 Å². The van der Waals surface area contributed by atoms with Crippen molar-refractivity contribution in [1.29, 1.82) is 0 Å². The van der Waals surface area contributed by atoms with Crippen molar-refractivity contribution >= 4 is 35.0 Å². The van der Waals surface area contributed by atoms with Crippen molar-refractivity contribution in [3.63, 3.8) is 0 Å². The maximum absolute atomic E-state index is 13.3. The van der Waals surface area contributed by atoms with E-state index in [2.05, 4.69) is 54.6 Å². The van der Waals surface area contributed by atoms with Gasteiger partial charge in [-0.15, -0.1) is 11.8 Å². The molecule has 1 amide bonds. The molecule has 0 radical (unpaired) electrons. The number of hydrogen-bond acceptors (Lipinski definition) is 8. The number of amides is 1. The van der Waals surface area contributed by atoms with Crippen molar-refractivity contribution in [2.75, 3.05) is 49.6 Å². The molecule has 1 fully saturated rings. The van der Waals surface area contributed by atoms with E-state index >= 15 is 0 Å². The molecule has 2 aliphatic rings. The summed E-state index contributed by atoms with van der Waals surface area (Å²) in [7, 11) is 2.19. The van der Waals surface area contributed by atoms with Gasteiger partial charge < -0.3 is 15.5 Å². The van der Waals surface area contributed by atoms with E-state index in [0.717, 1.165) is 60.9 Å². The van der Waals surface area contributed by atoms with Gasteiger partial charge >= 0.3 is 0 Å². The number of aromatic nitrogens is 3. The monoisotopic (exact) mass is 551 g/mol. The highest BCUT2D eigenvalue weighted by Crippen LogP contribution is 2.40. The molecule has 204 valence electrons. The van der Waals surface area contributed by atoms with E-state index in [1.165, 1.54) is 10.5 Å². The van der Waals surface area contributed by atoms with E-state index in [0.29, 0.717) is 23.2 Å². The predicted octanol–water partition coefficient (Wildman–Crippen LogP) is 5.63. The molecule has 2 aromatic heterocycles. The highest BCUT2D eigenvalue weighted by atomic mass is 32.2. The molecule has 1 atom stereocenters. The summed E-state index contributed by atoms with van der Waals surface area (Å²) in [6.45, 7) is 6.41. The van der Waals surface area contributed by atoms with Crippen LogP contribution in [0.2, 0.25) is 0 Å². The Morgan fingerprint density at radius 2 is 1.90 bits per heavy atom. The Balaban J connectivity index is 1.16. The fraction of sp³-hybridized carbons (Fsp3) is 0.290. The summed E-state index contributed by atoms with van der Waals surface area (Å²) in [6.07, 6.45) is 6.39. The van der Waals surface area contributed by atoms with Crippen LogP contribution in [0.4, 0.5) is 17.3 Å². The number of fused-ring (bicyclic) bond motifs is 1. The van der Waals surface area contributed by atoms with Crippen LogP contribution in [0.3, 0.4) is 0 Å². The van der Waals surface area contributed by atoms with E-state index < -0.39 is 0 Å². The maximum atomic E-state index is 13.3. The summed E-state index contributed by atoms with van der Waals surface area (Å²) in [4.78, 5) is 32.7. The lowest BCUT2D eigenvalue weighted by molar-refractivity contribution is 0.102. The zero-order valence-electron chi connectivity index (χ0n) is 22.8. The van der Waals surface area contributed by atoms with Gasteiger partial charge in [-0.05, 0) is 79.7 Å². The van der Waals surface area contributed by atoms with Gasteiger partial charge in [0.05, 0.1) is 5.69 Å². The topological polar surface area (TPSA) is 86.3 Å². The molecule has 40 heavy (non-hydrogen) atoms. The largest absolute Gasteiger partial charge is 0.324 e. The van der Waals surface area contributed by atoms with Crippen LogP contribution in [-0.4, -0.2) is 69.6 Å².